The van der Waals surface area contributed by atoms with Gasteiger partial charge in [0, 0.05) is 46.7 Å². The Hall–Kier alpha value is -1.41. The van der Waals surface area contributed by atoms with Crippen LogP contribution in [0.15, 0.2) is 30.3 Å². The predicted molar refractivity (Wildman–Crippen MR) is 113 cm³/mol. The molecule has 27 heavy (non-hydrogen) atoms. The Kier molecular flexibility index (Phi) is 6.25. The summed E-state index contributed by atoms with van der Waals surface area (Å²) < 4.78 is 26.4. The molecule has 1 aliphatic heterocycles. The molecule has 1 aliphatic rings. The van der Waals surface area contributed by atoms with Gasteiger partial charge in [-0.25, -0.2) is 8.42 Å². The normalized spacial score (nSPS) is 16.7. The molecule has 8 heteroatoms. The molecule has 5 nitrogen and oxygen atoms in total. The number of fused-ring (bicyclic) bond motifs is 1. The fourth-order valence-corrected chi connectivity index (χ4v) is 6.15. The second-order valence-electron chi connectivity index (χ2n) is 6.63. The van der Waals surface area contributed by atoms with Crippen molar-refractivity contribution in [3.8, 4) is 0 Å². The maximum absolute atomic E-state index is 12.5. The Morgan fingerprint density at radius 3 is 2.59 bits per heavy atom. The highest BCUT2D eigenvalue weighted by Gasteiger charge is 2.29. The number of benzene rings is 1. The molecule has 0 N–H and O–H groups in total. The number of amides is 1. The first-order chi connectivity index (χ1) is 12.8. The molecule has 0 atom stereocenters. The molecule has 0 saturated carbocycles. The minimum absolute atomic E-state index is 0.0323. The van der Waals surface area contributed by atoms with E-state index < -0.39 is 10.0 Å². The van der Waals surface area contributed by atoms with Crippen LogP contribution in [0.5, 0.6) is 0 Å². The lowest BCUT2D eigenvalue weighted by molar-refractivity contribution is -0.127. The van der Waals surface area contributed by atoms with Gasteiger partial charge in [-0.1, -0.05) is 36.7 Å². The molecule has 1 aromatic heterocycles. The molecule has 3 rings (SSSR count). The van der Waals surface area contributed by atoms with Crippen LogP contribution in [0.4, 0.5) is 0 Å². The van der Waals surface area contributed by atoms with Gasteiger partial charge in [0.05, 0.1) is 11.3 Å². The molecule has 1 amide bonds. The van der Waals surface area contributed by atoms with E-state index in [0.29, 0.717) is 37.5 Å². The van der Waals surface area contributed by atoms with Crippen LogP contribution >= 0.6 is 22.9 Å². The van der Waals surface area contributed by atoms with Gasteiger partial charge in [0.15, 0.2) is 0 Å². The van der Waals surface area contributed by atoms with E-state index in [9.17, 15) is 13.2 Å². The molecular formula is C19H23ClN2O3S2. The number of carbonyl (C=O) groups excluding carboxylic acids is 1. The number of hydrogen-bond donors (Lipinski definition) is 0. The van der Waals surface area contributed by atoms with Gasteiger partial charge in [0.25, 0.3) is 0 Å². The van der Waals surface area contributed by atoms with Crippen molar-refractivity contribution in [1.29, 1.82) is 0 Å². The van der Waals surface area contributed by atoms with E-state index in [-0.39, 0.29) is 11.9 Å². The molecule has 2 aromatic rings. The molecule has 2 heterocycles. The number of likely N-dealkylation sites (tertiary alicyclic amines) is 1. The summed E-state index contributed by atoms with van der Waals surface area (Å²) in [5, 5.41) is 1.67. The van der Waals surface area contributed by atoms with Gasteiger partial charge < -0.3 is 4.90 Å². The van der Waals surface area contributed by atoms with E-state index in [1.165, 1.54) is 10.6 Å². The van der Waals surface area contributed by atoms with E-state index in [1.807, 2.05) is 31.2 Å². The second kappa shape index (κ2) is 8.31. The molecule has 1 saturated heterocycles. The second-order valence-corrected chi connectivity index (χ2v) is 10.0. The lowest BCUT2D eigenvalue weighted by atomic mass is 10.0. The lowest BCUT2D eigenvalue weighted by Gasteiger charge is -2.36. The topological polar surface area (TPSA) is 57.7 Å². The first-order valence-corrected chi connectivity index (χ1v) is 12.0. The summed E-state index contributed by atoms with van der Waals surface area (Å²) in [4.78, 5) is 15.1. The van der Waals surface area contributed by atoms with Crippen LogP contribution in [0.2, 0.25) is 5.02 Å². The van der Waals surface area contributed by atoms with Crippen LogP contribution < -0.4 is 0 Å². The summed E-state index contributed by atoms with van der Waals surface area (Å²) in [5.41, 5.74) is 0. The number of hydrogen-bond acceptors (Lipinski definition) is 4. The van der Waals surface area contributed by atoms with Crippen LogP contribution in [0, 0.1) is 0 Å². The van der Waals surface area contributed by atoms with Gasteiger partial charge in [-0.05, 0) is 25.0 Å². The number of halogens is 1. The Morgan fingerprint density at radius 1 is 1.33 bits per heavy atom. The standard InChI is InChI=1S/C19H23ClN2O3S2/c1-3-22(27(2,24)25)14-10-12-21(13-11-14)18(23)9-8-17-19(20)15-6-4-5-7-16(15)26-17/h4-9,14H,3,10-13H2,1-2H3. The summed E-state index contributed by atoms with van der Waals surface area (Å²) in [6.07, 6.45) is 5.89. The van der Waals surface area contributed by atoms with Crippen LogP contribution in [0.25, 0.3) is 16.2 Å². The van der Waals surface area contributed by atoms with Crippen LogP contribution in [0.3, 0.4) is 0 Å². The van der Waals surface area contributed by atoms with Crippen molar-refractivity contribution in [2.75, 3.05) is 25.9 Å². The monoisotopic (exact) mass is 426 g/mol. The molecule has 146 valence electrons. The highest BCUT2D eigenvalue weighted by molar-refractivity contribution is 7.88. The Morgan fingerprint density at radius 2 is 2.00 bits per heavy atom. The minimum Gasteiger partial charge on any atom is -0.339 e. The SMILES string of the molecule is CCN(C1CCN(C(=O)C=Cc2sc3ccccc3c2Cl)CC1)S(C)(=O)=O. The predicted octanol–water partition coefficient (Wildman–Crippen LogP) is 3.84. The molecule has 0 spiro atoms. The van der Waals surface area contributed by atoms with Crippen molar-refractivity contribution in [3.63, 3.8) is 0 Å². The van der Waals surface area contributed by atoms with E-state index in [0.717, 1.165) is 15.0 Å². The third-order valence-electron chi connectivity index (χ3n) is 4.86. The lowest BCUT2D eigenvalue weighted by Crippen LogP contribution is -2.48. The smallest absolute Gasteiger partial charge is 0.246 e. The Bertz CT molecular complexity index is 960. The van der Waals surface area contributed by atoms with Gasteiger partial charge in [-0.3, -0.25) is 4.79 Å². The van der Waals surface area contributed by atoms with Crippen LogP contribution in [0.1, 0.15) is 24.6 Å². The molecule has 1 fully saturated rings. The van der Waals surface area contributed by atoms with Crippen LogP contribution in [-0.4, -0.2) is 55.5 Å². The zero-order valence-corrected chi connectivity index (χ0v) is 17.8. The first kappa shape index (κ1) is 20.3. The summed E-state index contributed by atoms with van der Waals surface area (Å²) in [6.45, 7) is 3.41. The number of carbonyl (C=O) groups is 1. The number of nitrogens with zero attached hydrogens (tertiary/aromatic N) is 2. The van der Waals surface area contributed by atoms with Crippen molar-refractivity contribution in [2.24, 2.45) is 0 Å². The Balaban J connectivity index is 1.64. The molecule has 0 unspecified atom stereocenters. The Labute approximate surface area is 169 Å². The van der Waals surface area contributed by atoms with Crippen molar-refractivity contribution >= 4 is 55.0 Å². The first-order valence-electron chi connectivity index (χ1n) is 8.92. The van der Waals surface area contributed by atoms with E-state index in [4.69, 9.17) is 11.6 Å². The fraction of sp³-hybridized carbons (Fsp3) is 0.421. The quantitative estimate of drug-likeness (QED) is 0.682. The maximum atomic E-state index is 12.5. The molecule has 0 bridgehead atoms. The number of rotatable bonds is 5. The zero-order valence-electron chi connectivity index (χ0n) is 15.4. The summed E-state index contributed by atoms with van der Waals surface area (Å²) in [7, 11) is -3.21. The molecule has 0 aliphatic carbocycles. The highest BCUT2D eigenvalue weighted by atomic mass is 35.5. The van der Waals surface area contributed by atoms with Gasteiger partial charge in [-0.2, -0.15) is 4.31 Å². The van der Waals surface area contributed by atoms with Gasteiger partial charge in [-0.15, -0.1) is 11.3 Å². The fourth-order valence-electron chi connectivity index (χ4n) is 3.53. The average Bonchev–Trinajstić information content (AvgIpc) is 2.96. The summed E-state index contributed by atoms with van der Waals surface area (Å²) >= 11 is 7.97. The minimum atomic E-state index is -3.21. The van der Waals surface area contributed by atoms with Gasteiger partial charge in [0.1, 0.15) is 0 Å². The number of piperidine rings is 1. The van der Waals surface area contributed by atoms with Crippen molar-refractivity contribution < 1.29 is 13.2 Å². The summed E-state index contributed by atoms with van der Waals surface area (Å²) in [6, 6.07) is 7.86. The zero-order chi connectivity index (χ0) is 19.6. The largest absolute Gasteiger partial charge is 0.339 e. The molecular weight excluding hydrogens is 404 g/mol. The summed E-state index contributed by atoms with van der Waals surface area (Å²) in [5.74, 6) is -0.0654. The third-order valence-corrected chi connectivity index (χ3v) is 7.92. The van der Waals surface area contributed by atoms with E-state index in [2.05, 4.69) is 0 Å². The van der Waals surface area contributed by atoms with Crippen molar-refractivity contribution in [3.05, 3.63) is 40.2 Å². The van der Waals surface area contributed by atoms with Crippen molar-refractivity contribution in [2.45, 2.75) is 25.8 Å². The molecule has 0 radical (unpaired) electrons. The number of sulfonamides is 1. The maximum Gasteiger partial charge on any atom is 0.246 e. The third kappa shape index (κ3) is 4.54. The highest BCUT2D eigenvalue weighted by Crippen LogP contribution is 2.36. The average molecular weight is 427 g/mol. The molecule has 1 aromatic carbocycles. The number of thiophene rings is 1. The van der Waals surface area contributed by atoms with Crippen molar-refractivity contribution in [1.82, 2.24) is 9.21 Å². The van der Waals surface area contributed by atoms with Gasteiger partial charge >= 0.3 is 0 Å². The van der Waals surface area contributed by atoms with E-state index in [1.54, 1.807) is 28.4 Å². The van der Waals surface area contributed by atoms with E-state index >= 15 is 0 Å². The van der Waals surface area contributed by atoms with Crippen LogP contribution in [-0.2, 0) is 14.8 Å². The van der Waals surface area contributed by atoms with Gasteiger partial charge in [0.2, 0.25) is 15.9 Å².